The standard InChI is InChI=1S/C21H23N3O3/c22-20(25)10-9-16-14-23(15-5-2-1-3-6-15)11-12-24(16)18-7-4-8-19-17(18)13-21(26)27-19/h1-8,16H,9-14H2,(H2,22,25). The molecule has 1 atom stereocenters. The Balaban J connectivity index is 1.61. The Hall–Kier alpha value is -3.02. The van der Waals surface area contributed by atoms with E-state index >= 15 is 0 Å². The fourth-order valence-corrected chi connectivity index (χ4v) is 4.00. The molecule has 2 aliphatic rings. The highest BCUT2D eigenvalue weighted by Crippen LogP contribution is 2.37. The van der Waals surface area contributed by atoms with E-state index in [0.29, 0.717) is 25.0 Å². The molecule has 2 aromatic carbocycles. The summed E-state index contributed by atoms with van der Waals surface area (Å²) in [6.07, 6.45) is 1.32. The number of benzene rings is 2. The van der Waals surface area contributed by atoms with Crippen LogP contribution in [0.25, 0.3) is 0 Å². The first-order chi connectivity index (χ1) is 13.1. The van der Waals surface area contributed by atoms with E-state index in [1.54, 1.807) is 0 Å². The number of nitrogens with zero attached hydrogens (tertiary/aromatic N) is 2. The number of carbonyl (C=O) groups excluding carboxylic acids is 2. The lowest BCUT2D eigenvalue weighted by molar-refractivity contribution is -0.131. The molecule has 6 heteroatoms. The lowest BCUT2D eigenvalue weighted by atomic mass is 10.0. The van der Waals surface area contributed by atoms with Crippen molar-refractivity contribution >= 4 is 23.3 Å². The van der Waals surface area contributed by atoms with Crippen molar-refractivity contribution in [2.45, 2.75) is 25.3 Å². The molecule has 0 aromatic heterocycles. The van der Waals surface area contributed by atoms with Gasteiger partial charge in [0, 0.05) is 49.0 Å². The second kappa shape index (κ2) is 7.31. The zero-order chi connectivity index (χ0) is 18.8. The number of primary amides is 1. The van der Waals surface area contributed by atoms with Crippen LogP contribution in [-0.2, 0) is 16.0 Å². The molecule has 27 heavy (non-hydrogen) atoms. The summed E-state index contributed by atoms with van der Waals surface area (Å²) in [7, 11) is 0. The zero-order valence-corrected chi connectivity index (χ0v) is 15.1. The largest absolute Gasteiger partial charge is 0.426 e. The summed E-state index contributed by atoms with van der Waals surface area (Å²) in [5.74, 6) is 0.147. The number of hydrogen-bond acceptors (Lipinski definition) is 5. The average Bonchev–Trinajstić information content (AvgIpc) is 3.07. The molecule has 0 spiro atoms. The molecular weight excluding hydrogens is 342 g/mol. The van der Waals surface area contributed by atoms with Crippen molar-refractivity contribution in [1.82, 2.24) is 0 Å². The number of rotatable bonds is 5. The van der Waals surface area contributed by atoms with Gasteiger partial charge in [0.05, 0.1) is 6.42 Å². The van der Waals surface area contributed by atoms with Gasteiger partial charge in [-0.25, -0.2) is 0 Å². The summed E-state index contributed by atoms with van der Waals surface area (Å²) in [6.45, 7) is 2.48. The van der Waals surface area contributed by atoms with Crippen LogP contribution >= 0.6 is 0 Å². The predicted molar refractivity (Wildman–Crippen MR) is 104 cm³/mol. The highest BCUT2D eigenvalue weighted by molar-refractivity contribution is 5.85. The Morgan fingerprint density at radius 2 is 1.93 bits per heavy atom. The van der Waals surface area contributed by atoms with Gasteiger partial charge in [-0.2, -0.15) is 0 Å². The minimum Gasteiger partial charge on any atom is -0.426 e. The van der Waals surface area contributed by atoms with Crippen LogP contribution in [0.1, 0.15) is 18.4 Å². The Labute approximate surface area is 158 Å². The third kappa shape index (κ3) is 3.60. The number of nitrogens with two attached hydrogens (primary N) is 1. The Morgan fingerprint density at radius 3 is 2.70 bits per heavy atom. The SMILES string of the molecule is NC(=O)CCC1CN(c2ccccc2)CCN1c1cccc2c1CC(=O)O2. The second-order valence-electron chi connectivity index (χ2n) is 7.04. The van der Waals surface area contributed by atoms with Gasteiger partial charge in [-0.3, -0.25) is 9.59 Å². The molecule has 1 unspecified atom stereocenters. The van der Waals surface area contributed by atoms with Crippen LogP contribution in [-0.4, -0.2) is 37.6 Å². The number of esters is 1. The van der Waals surface area contributed by atoms with Crippen molar-refractivity contribution in [3.8, 4) is 5.75 Å². The molecule has 0 aliphatic carbocycles. The average molecular weight is 365 g/mol. The lowest BCUT2D eigenvalue weighted by Gasteiger charge is -2.44. The van der Waals surface area contributed by atoms with Crippen LogP contribution in [0.5, 0.6) is 5.75 Å². The van der Waals surface area contributed by atoms with Gasteiger partial charge < -0.3 is 20.3 Å². The van der Waals surface area contributed by atoms with Gasteiger partial charge in [-0.1, -0.05) is 24.3 Å². The Morgan fingerprint density at radius 1 is 1.11 bits per heavy atom. The maximum atomic E-state index is 11.8. The van der Waals surface area contributed by atoms with Gasteiger partial charge in [0.1, 0.15) is 5.75 Å². The topological polar surface area (TPSA) is 75.9 Å². The van der Waals surface area contributed by atoms with Gasteiger partial charge >= 0.3 is 5.97 Å². The van der Waals surface area contributed by atoms with E-state index in [0.717, 1.165) is 30.9 Å². The van der Waals surface area contributed by atoms with Crippen LogP contribution in [0, 0.1) is 0 Å². The fraction of sp³-hybridized carbons (Fsp3) is 0.333. The third-order valence-corrected chi connectivity index (χ3v) is 5.29. The van der Waals surface area contributed by atoms with Gasteiger partial charge in [-0.15, -0.1) is 0 Å². The first-order valence-electron chi connectivity index (χ1n) is 9.29. The number of piperazine rings is 1. The van der Waals surface area contributed by atoms with Crippen molar-refractivity contribution < 1.29 is 14.3 Å². The first-order valence-corrected chi connectivity index (χ1v) is 9.29. The summed E-state index contributed by atoms with van der Waals surface area (Å²) >= 11 is 0. The molecule has 1 saturated heterocycles. The van der Waals surface area contributed by atoms with Gasteiger partial charge in [-0.05, 0) is 30.7 Å². The third-order valence-electron chi connectivity index (χ3n) is 5.29. The van der Waals surface area contributed by atoms with Crippen molar-refractivity contribution in [1.29, 1.82) is 0 Å². The number of para-hydroxylation sites is 1. The molecule has 4 rings (SSSR count). The number of fused-ring (bicyclic) bond motifs is 1. The Bertz CT molecular complexity index is 853. The summed E-state index contributed by atoms with van der Waals surface area (Å²) in [5, 5.41) is 0. The van der Waals surface area contributed by atoms with Crippen LogP contribution in [0.4, 0.5) is 11.4 Å². The molecule has 140 valence electrons. The molecule has 6 nitrogen and oxygen atoms in total. The molecule has 2 N–H and O–H groups in total. The molecule has 2 aromatic rings. The fourth-order valence-electron chi connectivity index (χ4n) is 4.00. The quantitative estimate of drug-likeness (QED) is 0.649. The summed E-state index contributed by atoms with van der Waals surface area (Å²) in [4.78, 5) is 27.8. The van der Waals surface area contributed by atoms with Crippen molar-refractivity contribution in [2.75, 3.05) is 29.4 Å². The van der Waals surface area contributed by atoms with Crippen LogP contribution < -0.4 is 20.3 Å². The van der Waals surface area contributed by atoms with Crippen molar-refractivity contribution in [3.05, 3.63) is 54.1 Å². The molecule has 2 aliphatic heterocycles. The molecular formula is C21H23N3O3. The number of hydrogen-bond donors (Lipinski definition) is 1. The van der Waals surface area contributed by atoms with Crippen molar-refractivity contribution in [2.24, 2.45) is 5.73 Å². The number of amides is 1. The number of ether oxygens (including phenoxy) is 1. The van der Waals surface area contributed by atoms with Crippen LogP contribution in [0.3, 0.4) is 0 Å². The maximum Gasteiger partial charge on any atom is 0.315 e. The molecule has 0 bridgehead atoms. The smallest absolute Gasteiger partial charge is 0.315 e. The molecule has 0 saturated carbocycles. The van der Waals surface area contributed by atoms with E-state index in [2.05, 4.69) is 21.9 Å². The van der Waals surface area contributed by atoms with Crippen LogP contribution in [0.15, 0.2) is 48.5 Å². The van der Waals surface area contributed by atoms with Gasteiger partial charge in [0.25, 0.3) is 0 Å². The van der Waals surface area contributed by atoms with E-state index < -0.39 is 0 Å². The second-order valence-corrected chi connectivity index (χ2v) is 7.04. The van der Waals surface area contributed by atoms with E-state index in [1.807, 2.05) is 36.4 Å². The summed E-state index contributed by atoms with van der Waals surface area (Å²) in [5.41, 5.74) is 8.56. The summed E-state index contributed by atoms with van der Waals surface area (Å²) < 4.78 is 5.31. The van der Waals surface area contributed by atoms with E-state index in [-0.39, 0.29) is 17.9 Å². The Kier molecular flexibility index (Phi) is 4.71. The van der Waals surface area contributed by atoms with E-state index in [9.17, 15) is 9.59 Å². The number of anilines is 2. The molecule has 2 heterocycles. The minimum atomic E-state index is -0.288. The number of carbonyl (C=O) groups is 2. The zero-order valence-electron chi connectivity index (χ0n) is 15.1. The van der Waals surface area contributed by atoms with E-state index in [4.69, 9.17) is 10.5 Å². The molecule has 1 amide bonds. The van der Waals surface area contributed by atoms with Crippen molar-refractivity contribution in [3.63, 3.8) is 0 Å². The molecule has 0 radical (unpaired) electrons. The first kappa shape index (κ1) is 17.4. The minimum absolute atomic E-state index is 0.133. The lowest BCUT2D eigenvalue weighted by Crippen LogP contribution is -2.54. The predicted octanol–water partition coefficient (Wildman–Crippen LogP) is 2.11. The molecule has 1 fully saturated rings. The monoisotopic (exact) mass is 365 g/mol. The van der Waals surface area contributed by atoms with Crippen LogP contribution in [0.2, 0.25) is 0 Å². The highest BCUT2D eigenvalue weighted by atomic mass is 16.5. The van der Waals surface area contributed by atoms with Gasteiger partial charge in [0.15, 0.2) is 0 Å². The normalized spacial score (nSPS) is 19.0. The summed E-state index contributed by atoms with van der Waals surface area (Å²) in [6, 6.07) is 16.2. The maximum absolute atomic E-state index is 11.8. The highest BCUT2D eigenvalue weighted by Gasteiger charge is 2.32. The van der Waals surface area contributed by atoms with Gasteiger partial charge in [0.2, 0.25) is 5.91 Å². The van der Waals surface area contributed by atoms with E-state index in [1.165, 1.54) is 5.69 Å².